The Balaban J connectivity index is 1.75. The molecular formula is C18H17ClFN5OS. The zero-order valence-electron chi connectivity index (χ0n) is 14.6. The summed E-state index contributed by atoms with van der Waals surface area (Å²) in [5.74, 6) is 5.51. The van der Waals surface area contributed by atoms with Crippen LogP contribution in [-0.4, -0.2) is 26.0 Å². The van der Waals surface area contributed by atoms with Crippen molar-refractivity contribution in [2.45, 2.75) is 24.3 Å². The Bertz CT molecular complexity index is 994. The van der Waals surface area contributed by atoms with E-state index in [9.17, 15) is 9.18 Å². The Kier molecular flexibility index (Phi) is 5.67. The zero-order chi connectivity index (χ0) is 19.6. The van der Waals surface area contributed by atoms with Crippen molar-refractivity contribution < 1.29 is 9.18 Å². The summed E-state index contributed by atoms with van der Waals surface area (Å²) in [7, 11) is 0. The highest BCUT2D eigenvalue weighted by molar-refractivity contribution is 8.00. The molecule has 3 N–H and O–H groups in total. The Labute approximate surface area is 164 Å². The molecule has 3 aromatic rings. The lowest BCUT2D eigenvalue weighted by Gasteiger charge is -2.13. The monoisotopic (exact) mass is 405 g/mol. The first-order valence-corrected chi connectivity index (χ1v) is 9.31. The number of aromatic nitrogens is 3. The van der Waals surface area contributed by atoms with Crippen LogP contribution >= 0.6 is 23.4 Å². The van der Waals surface area contributed by atoms with Crippen LogP contribution < -0.4 is 11.2 Å². The summed E-state index contributed by atoms with van der Waals surface area (Å²) in [6.45, 7) is 3.60. The second-order valence-corrected chi connectivity index (χ2v) is 7.61. The number of rotatable bonds is 5. The molecule has 3 rings (SSSR count). The van der Waals surface area contributed by atoms with Crippen molar-refractivity contribution in [1.29, 1.82) is 0 Å². The predicted octanol–water partition coefficient (Wildman–Crippen LogP) is 3.88. The Morgan fingerprint density at radius 3 is 2.78 bits per heavy atom. The fourth-order valence-electron chi connectivity index (χ4n) is 2.36. The number of hydrogen-bond donors (Lipinski definition) is 2. The molecule has 0 saturated carbocycles. The quantitative estimate of drug-likeness (QED) is 0.497. The largest absolute Gasteiger partial charge is 0.335 e. The van der Waals surface area contributed by atoms with Gasteiger partial charge in [0, 0.05) is 10.7 Å². The lowest BCUT2D eigenvalue weighted by Crippen LogP contribution is -2.24. The number of anilines is 1. The number of nitrogens with zero attached hydrogens (tertiary/aromatic N) is 3. The van der Waals surface area contributed by atoms with Gasteiger partial charge in [0.15, 0.2) is 5.82 Å². The van der Waals surface area contributed by atoms with Crippen molar-refractivity contribution in [2.24, 2.45) is 0 Å². The van der Waals surface area contributed by atoms with E-state index in [4.69, 9.17) is 17.4 Å². The minimum absolute atomic E-state index is 0.189. The van der Waals surface area contributed by atoms with E-state index >= 15 is 0 Å². The molecule has 0 aliphatic rings. The number of benzene rings is 2. The molecule has 0 unspecified atom stereocenters. The first-order chi connectivity index (χ1) is 12.9. The molecule has 0 radical (unpaired) electrons. The van der Waals surface area contributed by atoms with Crippen molar-refractivity contribution in [2.75, 3.05) is 11.2 Å². The molecule has 27 heavy (non-hydrogen) atoms. The van der Waals surface area contributed by atoms with Crippen LogP contribution in [0.4, 0.5) is 10.1 Å². The Morgan fingerprint density at radius 1 is 1.30 bits per heavy atom. The van der Waals surface area contributed by atoms with Gasteiger partial charge in [0.05, 0.1) is 10.8 Å². The Hall–Kier alpha value is -2.58. The number of carbonyl (C=O) groups excluding carboxylic acids is 1. The number of aryl methyl sites for hydroxylation is 1. The van der Waals surface area contributed by atoms with Gasteiger partial charge in [-0.1, -0.05) is 41.6 Å². The average Bonchev–Trinajstić information content (AvgIpc) is 2.99. The number of amides is 1. The number of nitrogen functional groups attached to an aromatic ring is 1. The summed E-state index contributed by atoms with van der Waals surface area (Å²) in [6, 6.07) is 11.4. The van der Waals surface area contributed by atoms with Crippen molar-refractivity contribution in [3.63, 3.8) is 0 Å². The standard InChI is InChI=1S/C18H17ClFN5OS/c1-10-7-8-12(19)9-15(10)22-17(26)11(2)27-18-24-23-16(25(18)21)13-5-3-4-6-14(13)20/h3-9,11H,21H2,1-2H3,(H,22,26)/t11-/m1/s1. The van der Waals surface area contributed by atoms with E-state index in [-0.39, 0.29) is 17.3 Å². The van der Waals surface area contributed by atoms with Crippen molar-refractivity contribution in [3.05, 3.63) is 58.9 Å². The van der Waals surface area contributed by atoms with Crippen LogP contribution in [0.15, 0.2) is 47.6 Å². The molecular weight excluding hydrogens is 389 g/mol. The maximum atomic E-state index is 13.9. The molecule has 0 saturated heterocycles. The van der Waals surface area contributed by atoms with E-state index in [1.54, 1.807) is 37.3 Å². The molecule has 1 aromatic heterocycles. The molecule has 140 valence electrons. The zero-order valence-corrected chi connectivity index (χ0v) is 16.2. The SMILES string of the molecule is Cc1ccc(Cl)cc1NC(=O)[C@@H](C)Sc1nnc(-c2ccccc2F)n1N. The minimum Gasteiger partial charge on any atom is -0.335 e. The molecule has 2 aromatic carbocycles. The van der Waals surface area contributed by atoms with Crippen LogP contribution in [0.25, 0.3) is 11.4 Å². The van der Waals surface area contributed by atoms with Gasteiger partial charge in [-0.15, -0.1) is 10.2 Å². The molecule has 0 bridgehead atoms. The molecule has 0 fully saturated rings. The fourth-order valence-corrected chi connectivity index (χ4v) is 3.30. The highest BCUT2D eigenvalue weighted by Crippen LogP contribution is 2.27. The van der Waals surface area contributed by atoms with Crippen molar-refractivity contribution >= 4 is 35.0 Å². The number of hydrogen-bond acceptors (Lipinski definition) is 5. The minimum atomic E-state index is -0.511. The van der Waals surface area contributed by atoms with Crippen LogP contribution in [-0.2, 0) is 4.79 Å². The van der Waals surface area contributed by atoms with Crippen molar-refractivity contribution in [3.8, 4) is 11.4 Å². The Morgan fingerprint density at radius 2 is 2.04 bits per heavy atom. The van der Waals surface area contributed by atoms with Crippen LogP contribution in [0, 0.1) is 12.7 Å². The van der Waals surface area contributed by atoms with Gasteiger partial charge in [0.1, 0.15) is 5.82 Å². The maximum absolute atomic E-state index is 13.9. The van der Waals surface area contributed by atoms with Crippen molar-refractivity contribution in [1.82, 2.24) is 14.9 Å². The fraction of sp³-hybridized carbons (Fsp3) is 0.167. The van der Waals surface area contributed by atoms with E-state index in [1.165, 1.54) is 10.7 Å². The van der Waals surface area contributed by atoms with Gasteiger partial charge in [-0.2, -0.15) is 0 Å². The summed E-state index contributed by atoms with van der Waals surface area (Å²) < 4.78 is 15.1. The van der Waals surface area contributed by atoms with E-state index in [2.05, 4.69) is 15.5 Å². The summed E-state index contributed by atoms with van der Waals surface area (Å²) in [4.78, 5) is 12.5. The van der Waals surface area contributed by atoms with Gasteiger partial charge in [0.2, 0.25) is 11.1 Å². The highest BCUT2D eigenvalue weighted by atomic mass is 35.5. The average molecular weight is 406 g/mol. The summed E-state index contributed by atoms with van der Waals surface area (Å²) >= 11 is 7.10. The van der Waals surface area contributed by atoms with Gasteiger partial charge in [0.25, 0.3) is 0 Å². The topological polar surface area (TPSA) is 85.8 Å². The molecule has 0 spiro atoms. The lowest BCUT2D eigenvalue weighted by molar-refractivity contribution is -0.115. The highest BCUT2D eigenvalue weighted by Gasteiger charge is 2.21. The molecule has 9 heteroatoms. The second-order valence-electron chi connectivity index (χ2n) is 5.86. The van der Waals surface area contributed by atoms with E-state index in [0.29, 0.717) is 15.9 Å². The molecule has 1 amide bonds. The number of halogens is 2. The third-order valence-electron chi connectivity index (χ3n) is 3.89. The number of nitrogens with one attached hydrogen (secondary N) is 1. The predicted molar refractivity (Wildman–Crippen MR) is 106 cm³/mol. The van der Waals surface area contributed by atoms with Gasteiger partial charge < -0.3 is 11.2 Å². The van der Waals surface area contributed by atoms with Gasteiger partial charge >= 0.3 is 0 Å². The normalized spacial score (nSPS) is 12.0. The maximum Gasteiger partial charge on any atom is 0.237 e. The number of nitrogens with two attached hydrogens (primary N) is 1. The van der Waals surface area contributed by atoms with E-state index in [0.717, 1.165) is 17.3 Å². The third kappa shape index (κ3) is 4.23. The first kappa shape index (κ1) is 19.2. The second kappa shape index (κ2) is 7.98. The summed E-state index contributed by atoms with van der Waals surface area (Å²) in [6.07, 6.45) is 0. The van der Waals surface area contributed by atoms with Crippen LogP contribution in [0.3, 0.4) is 0 Å². The lowest BCUT2D eigenvalue weighted by atomic mass is 10.2. The van der Waals surface area contributed by atoms with Crippen LogP contribution in [0.5, 0.6) is 0 Å². The van der Waals surface area contributed by atoms with Gasteiger partial charge in [-0.05, 0) is 43.7 Å². The molecule has 6 nitrogen and oxygen atoms in total. The van der Waals surface area contributed by atoms with E-state index in [1.807, 2.05) is 13.0 Å². The molecule has 1 heterocycles. The molecule has 0 aliphatic carbocycles. The van der Waals surface area contributed by atoms with Gasteiger partial charge in [-0.3, -0.25) is 4.79 Å². The first-order valence-electron chi connectivity index (χ1n) is 8.06. The third-order valence-corrected chi connectivity index (χ3v) is 5.18. The molecule has 0 aliphatic heterocycles. The van der Waals surface area contributed by atoms with Crippen LogP contribution in [0.2, 0.25) is 5.02 Å². The summed E-state index contributed by atoms with van der Waals surface area (Å²) in [5.41, 5.74) is 1.78. The van der Waals surface area contributed by atoms with Gasteiger partial charge in [-0.25, -0.2) is 9.07 Å². The van der Waals surface area contributed by atoms with Crippen LogP contribution in [0.1, 0.15) is 12.5 Å². The van der Waals surface area contributed by atoms with E-state index < -0.39 is 11.1 Å². The number of carbonyl (C=O) groups is 1. The molecule has 1 atom stereocenters. The number of thioether (sulfide) groups is 1. The summed E-state index contributed by atoms with van der Waals surface area (Å²) in [5, 5.41) is 11.1. The smallest absolute Gasteiger partial charge is 0.237 e.